The van der Waals surface area contributed by atoms with Crippen molar-refractivity contribution in [3.05, 3.63) is 54.4 Å². The lowest BCUT2D eigenvalue weighted by Gasteiger charge is -2.32. The Morgan fingerprint density at radius 1 is 1.17 bits per heavy atom. The first-order valence-corrected chi connectivity index (χ1v) is 8.32. The van der Waals surface area contributed by atoms with Crippen molar-refractivity contribution in [3.8, 4) is 5.75 Å². The van der Waals surface area contributed by atoms with E-state index < -0.39 is 0 Å². The van der Waals surface area contributed by atoms with Crippen LogP contribution in [0.3, 0.4) is 0 Å². The van der Waals surface area contributed by atoms with Gasteiger partial charge in [-0.1, -0.05) is 12.1 Å². The molecule has 0 radical (unpaired) electrons. The summed E-state index contributed by atoms with van der Waals surface area (Å²) in [5.74, 6) is 1.08. The number of carbonyl (C=O) groups is 1. The molecular formula is C19H23N3O2. The van der Waals surface area contributed by atoms with Crippen molar-refractivity contribution in [2.75, 3.05) is 25.1 Å². The van der Waals surface area contributed by atoms with Crippen LogP contribution in [0.25, 0.3) is 0 Å². The van der Waals surface area contributed by atoms with E-state index in [0.717, 1.165) is 37.2 Å². The number of aromatic nitrogens is 1. The van der Waals surface area contributed by atoms with Crippen molar-refractivity contribution in [1.82, 2.24) is 10.3 Å². The third-order valence-corrected chi connectivity index (χ3v) is 4.52. The van der Waals surface area contributed by atoms with Gasteiger partial charge in [0.05, 0.1) is 7.11 Å². The Labute approximate surface area is 142 Å². The number of benzene rings is 1. The standard InChI is InChI=1S/C19H23N3O2/c1-24-18-4-2-15(3-5-18)14-21-19(23)16-8-12-22(13-9-16)17-6-10-20-11-7-17/h2-7,10-11,16H,8-9,12-14H2,1H3,(H,21,23). The molecule has 126 valence electrons. The van der Waals surface area contributed by atoms with E-state index in [2.05, 4.69) is 15.2 Å². The number of rotatable bonds is 5. The minimum atomic E-state index is 0.0985. The quantitative estimate of drug-likeness (QED) is 0.918. The third kappa shape index (κ3) is 4.04. The van der Waals surface area contributed by atoms with Crippen molar-refractivity contribution in [2.24, 2.45) is 5.92 Å². The SMILES string of the molecule is COc1ccc(CNC(=O)C2CCN(c3ccncc3)CC2)cc1. The van der Waals surface area contributed by atoms with Gasteiger partial charge in [-0.2, -0.15) is 0 Å². The average molecular weight is 325 g/mol. The van der Waals surface area contributed by atoms with Crippen molar-refractivity contribution in [3.63, 3.8) is 0 Å². The van der Waals surface area contributed by atoms with Gasteiger partial charge in [0.15, 0.2) is 0 Å². The molecule has 5 nitrogen and oxygen atoms in total. The second kappa shape index (κ2) is 7.81. The second-order valence-electron chi connectivity index (χ2n) is 6.03. The largest absolute Gasteiger partial charge is 0.497 e. The number of carbonyl (C=O) groups excluding carboxylic acids is 1. The van der Waals surface area contributed by atoms with Crippen LogP contribution in [0.15, 0.2) is 48.8 Å². The van der Waals surface area contributed by atoms with Gasteiger partial charge in [-0.05, 0) is 42.7 Å². The van der Waals surface area contributed by atoms with Crippen LogP contribution in [0.2, 0.25) is 0 Å². The van der Waals surface area contributed by atoms with E-state index in [-0.39, 0.29) is 11.8 Å². The van der Waals surface area contributed by atoms with E-state index in [1.54, 1.807) is 7.11 Å². The molecule has 0 bridgehead atoms. The Morgan fingerprint density at radius 3 is 2.46 bits per heavy atom. The summed E-state index contributed by atoms with van der Waals surface area (Å²) in [5, 5.41) is 3.05. The number of methoxy groups -OCH3 is 1. The summed E-state index contributed by atoms with van der Waals surface area (Å²) in [6.07, 6.45) is 5.39. The molecular weight excluding hydrogens is 302 g/mol. The summed E-state index contributed by atoms with van der Waals surface area (Å²) < 4.78 is 5.14. The maximum absolute atomic E-state index is 12.4. The Bertz CT molecular complexity index is 650. The fraction of sp³-hybridized carbons (Fsp3) is 0.368. The highest BCUT2D eigenvalue weighted by molar-refractivity contribution is 5.79. The first kappa shape index (κ1) is 16.3. The molecule has 1 aliphatic rings. The predicted octanol–water partition coefficient (Wildman–Crippen LogP) is 2.62. The zero-order chi connectivity index (χ0) is 16.8. The Balaban J connectivity index is 1.46. The van der Waals surface area contributed by atoms with Crippen molar-refractivity contribution < 1.29 is 9.53 Å². The number of amides is 1. The van der Waals surface area contributed by atoms with Gasteiger partial charge in [0.1, 0.15) is 5.75 Å². The van der Waals surface area contributed by atoms with Crippen molar-refractivity contribution in [2.45, 2.75) is 19.4 Å². The highest BCUT2D eigenvalue weighted by Gasteiger charge is 2.24. The number of pyridine rings is 1. The lowest BCUT2D eigenvalue weighted by molar-refractivity contribution is -0.125. The zero-order valence-electron chi connectivity index (χ0n) is 13.9. The molecule has 1 aromatic heterocycles. The first-order chi connectivity index (χ1) is 11.8. The normalized spacial score (nSPS) is 15.1. The predicted molar refractivity (Wildman–Crippen MR) is 94.0 cm³/mol. The molecule has 3 rings (SSSR count). The van der Waals surface area contributed by atoms with Gasteiger partial charge in [0.25, 0.3) is 0 Å². The van der Waals surface area contributed by atoms with Crippen LogP contribution in [0.1, 0.15) is 18.4 Å². The number of anilines is 1. The Morgan fingerprint density at radius 2 is 1.83 bits per heavy atom. The molecule has 2 heterocycles. The number of nitrogens with one attached hydrogen (secondary N) is 1. The summed E-state index contributed by atoms with van der Waals surface area (Å²) >= 11 is 0. The molecule has 1 fully saturated rings. The first-order valence-electron chi connectivity index (χ1n) is 8.32. The van der Waals surface area contributed by atoms with Crippen LogP contribution >= 0.6 is 0 Å². The molecule has 1 aliphatic heterocycles. The second-order valence-corrected chi connectivity index (χ2v) is 6.03. The lowest BCUT2D eigenvalue weighted by Crippen LogP contribution is -2.40. The molecule has 0 spiro atoms. The van der Waals surface area contributed by atoms with Crippen LogP contribution in [-0.4, -0.2) is 31.1 Å². The van der Waals surface area contributed by atoms with Gasteiger partial charge in [0.2, 0.25) is 5.91 Å². The molecule has 1 saturated heterocycles. The molecule has 2 aromatic rings. The van der Waals surface area contributed by atoms with Crippen LogP contribution in [-0.2, 0) is 11.3 Å². The van der Waals surface area contributed by atoms with Gasteiger partial charge >= 0.3 is 0 Å². The van der Waals surface area contributed by atoms with E-state index in [1.165, 1.54) is 5.69 Å². The molecule has 0 saturated carbocycles. The van der Waals surface area contributed by atoms with Gasteiger partial charge in [-0.15, -0.1) is 0 Å². The van der Waals surface area contributed by atoms with Crippen LogP contribution < -0.4 is 15.0 Å². The Kier molecular flexibility index (Phi) is 5.31. The molecule has 0 atom stereocenters. The minimum absolute atomic E-state index is 0.0985. The van der Waals surface area contributed by atoms with Crippen molar-refractivity contribution in [1.29, 1.82) is 0 Å². The third-order valence-electron chi connectivity index (χ3n) is 4.52. The van der Waals surface area contributed by atoms with E-state index in [4.69, 9.17) is 4.74 Å². The summed E-state index contributed by atoms with van der Waals surface area (Å²) in [6.45, 7) is 2.38. The number of piperidine rings is 1. The summed E-state index contributed by atoms with van der Waals surface area (Å²) in [7, 11) is 1.65. The van der Waals surface area contributed by atoms with Gasteiger partial charge < -0.3 is 15.0 Å². The maximum atomic E-state index is 12.4. The molecule has 24 heavy (non-hydrogen) atoms. The van der Waals surface area contributed by atoms with E-state index in [9.17, 15) is 4.79 Å². The molecule has 1 aromatic carbocycles. The van der Waals surface area contributed by atoms with Crippen LogP contribution in [0.4, 0.5) is 5.69 Å². The topological polar surface area (TPSA) is 54.5 Å². The van der Waals surface area contributed by atoms with E-state index in [1.807, 2.05) is 48.8 Å². The van der Waals surface area contributed by atoms with Crippen LogP contribution in [0, 0.1) is 5.92 Å². The van der Waals surface area contributed by atoms with Crippen LogP contribution in [0.5, 0.6) is 5.75 Å². The van der Waals surface area contributed by atoms with Crippen molar-refractivity contribution >= 4 is 11.6 Å². The lowest BCUT2D eigenvalue weighted by atomic mass is 9.95. The van der Waals surface area contributed by atoms with E-state index in [0.29, 0.717) is 6.54 Å². The molecule has 0 unspecified atom stereocenters. The fourth-order valence-electron chi connectivity index (χ4n) is 3.03. The Hall–Kier alpha value is -2.56. The average Bonchev–Trinajstić information content (AvgIpc) is 2.67. The highest BCUT2D eigenvalue weighted by atomic mass is 16.5. The smallest absolute Gasteiger partial charge is 0.223 e. The number of nitrogens with zero attached hydrogens (tertiary/aromatic N) is 2. The minimum Gasteiger partial charge on any atom is -0.497 e. The van der Waals surface area contributed by atoms with Gasteiger partial charge in [-0.25, -0.2) is 0 Å². The summed E-state index contributed by atoms with van der Waals surface area (Å²) in [5.41, 5.74) is 2.26. The van der Waals surface area contributed by atoms with E-state index >= 15 is 0 Å². The summed E-state index contributed by atoms with van der Waals surface area (Å²) in [6, 6.07) is 11.8. The number of hydrogen-bond acceptors (Lipinski definition) is 4. The maximum Gasteiger partial charge on any atom is 0.223 e. The van der Waals surface area contributed by atoms with Gasteiger partial charge in [0, 0.05) is 43.6 Å². The van der Waals surface area contributed by atoms with Gasteiger partial charge in [-0.3, -0.25) is 9.78 Å². The molecule has 1 amide bonds. The number of hydrogen-bond donors (Lipinski definition) is 1. The highest BCUT2D eigenvalue weighted by Crippen LogP contribution is 2.23. The molecule has 1 N–H and O–H groups in total. The zero-order valence-corrected chi connectivity index (χ0v) is 13.9. The fourth-order valence-corrected chi connectivity index (χ4v) is 3.03. The number of ether oxygens (including phenoxy) is 1. The molecule has 5 heteroatoms. The monoisotopic (exact) mass is 325 g/mol. The summed E-state index contributed by atoms with van der Waals surface area (Å²) in [4.78, 5) is 18.7. The molecule has 0 aliphatic carbocycles.